The van der Waals surface area contributed by atoms with Crippen molar-refractivity contribution >= 4 is 22.4 Å². The Kier molecular flexibility index (Phi) is 6.46. The third-order valence-corrected chi connectivity index (χ3v) is 6.50. The van der Waals surface area contributed by atoms with Crippen LogP contribution in [0.5, 0.6) is 5.75 Å². The summed E-state index contributed by atoms with van der Waals surface area (Å²) in [6.45, 7) is 1.32. The van der Waals surface area contributed by atoms with Crippen LogP contribution in [0.4, 0.5) is 0 Å². The van der Waals surface area contributed by atoms with Gasteiger partial charge in [0.15, 0.2) is 0 Å². The molecule has 2 atom stereocenters. The molecular formula is C18H23ClN2O3S. The van der Waals surface area contributed by atoms with E-state index in [0.717, 1.165) is 5.56 Å². The van der Waals surface area contributed by atoms with E-state index in [-0.39, 0.29) is 29.1 Å². The number of nitrogens with two attached hydrogens (primary N) is 1. The fraction of sp³-hybridized carbons (Fsp3) is 0.333. The van der Waals surface area contributed by atoms with Crippen molar-refractivity contribution < 1.29 is 13.2 Å². The fourth-order valence-electron chi connectivity index (χ4n) is 3.32. The SMILES string of the molecule is COc1ccccc1S(=O)(=O)N1C[C@@H](CN)[C@H](c2ccccc2)C1.Cl. The van der Waals surface area contributed by atoms with E-state index in [9.17, 15) is 8.42 Å². The Balaban J connectivity index is 0.00000225. The lowest BCUT2D eigenvalue weighted by Gasteiger charge is -2.18. The number of para-hydroxylation sites is 1. The van der Waals surface area contributed by atoms with Gasteiger partial charge in [0.05, 0.1) is 7.11 Å². The average molecular weight is 383 g/mol. The zero-order valence-electron chi connectivity index (χ0n) is 14.0. The first-order chi connectivity index (χ1) is 11.6. The topological polar surface area (TPSA) is 72.6 Å². The minimum Gasteiger partial charge on any atom is -0.495 e. The second kappa shape index (κ2) is 8.19. The number of sulfonamides is 1. The van der Waals surface area contributed by atoms with Crippen molar-refractivity contribution in [2.24, 2.45) is 11.7 Å². The molecule has 0 saturated carbocycles. The van der Waals surface area contributed by atoms with Crippen molar-refractivity contribution in [1.82, 2.24) is 4.31 Å². The third kappa shape index (κ3) is 3.82. The molecule has 5 nitrogen and oxygen atoms in total. The maximum Gasteiger partial charge on any atom is 0.246 e. The molecule has 0 aliphatic carbocycles. The predicted molar refractivity (Wildman–Crippen MR) is 101 cm³/mol. The molecule has 3 rings (SSSR count). The predicted octanol–water partition coefficient (Wildman–Crippen LogP) is 2.48. The maximum atomic E-state index is 13.1. The second-order valence-corrected chi connectivity index (χ2v) is 7.89. The van der Waals surface area contributed by atoms with Crippen molar-refractivity contribution in [3.63, 3.8) is 0 Å². The van der Waals surface area contributed by atoms with Crippen LogP contribution in [0.15, 0.2) is 59.5 Å². The Bertz CT molecular complexity index is 799. The number of methoxy groups -OCH3 is 1. The summed E-state index contributed by atoms with van der Waals surface area (Å²) < 4.78 is 32.9. The lowest BCUT2D eigenvalue weighted by Crippen LogP contribution is -2.30. The van der Waals surface area contributed by atoms with E-state index in [2.05, 4.69) is 0 Å². The van der Waals surface area contributed by atoms with Crippen LogP contribution in [-0.4, -0.2) is 39.5 Å². The van der Waals surface area contributed by atoms with E-state index in [1.54, 1.807) is 24.3 Å². The summed E-state index contributed by atoms with van der Waals surface area (Å²) in [5.41, 5.74) is 7.05. The number of ether oxygens (including phenoxy) is 1. The van der Waals surface area contributed by atoms with Gasteiger partial charge in [0.1, 0.15) is 10.6 Å². The van der Waals surface area contributed by atoms with Crippen LogP contribution in [0.3, 0.4) is 0 Å². The Hall–Kier alpha value is -1.60. The molecule has 0 radical (unpaired) electrons. The van der Waals surface area contributed by atoms with Gasteiger partial charge in [-0.15, -0.1) is 12.4 Å². The number of benzene rings is 2. The van der Waals surface area contributed by atoms with Crippen LogP contribution >= 0.6 is 12.4 Å². The Morgan fingerprint density at radius 1 is 1.08 bits per heavy atom. The number of nitrogens with zero attached hydrogens (tertiary/aromatic N) is 1. The van der Waals surface area contributed by atoms with E-state index < -0.39 is 10.0 Å². The summed E-state index contributed by atoms with van der Waals surface area (Å²) in [5, 5.41) is 0. The molecule has 1 aliphatic rings. The van der Waals surface area contributed by atoms with Crippen LogP contribution in [0.2, 0.25) is 0 Å². The minimum atomic E-state index is -3.61. The van der Waals surface area contributed by atoms with Gasteiger partial charge < -0.3 is 10.5 Å². The minimum absolute atomic E-state index is 0. The van der Waals surface area contributed by atoms with Gasteiger partial charge in [-0.1, -0.05) is 42.5 Å². The molecule has 1 aliphatic heterocycles. The molecule has 2 aromatic rings. The van der Waals surface area contributed by atoms with Gasteiger partial charge in [-0.05, 0) is 30.2 Å². The zero-order chi connectivity index (χ0) is 17.2. The molecule has 1 saturated heterocycles. The zero-order valence-corrected chi connectivity index (χ0v) is 15.7. The summed E-state index contributed by atoms with van der Waals surface area (Å²) >= 11 is 0. The molecule has 0 amide bonds. The smallest absolute Gasteiger partial charge is 0.246 e. The Labute approximate surface area is 155 Å². The number of rotatable bonds is 5. The van der Waals surface area contributed by atoms with Gasteiger partial charge in [-0.3, -0.25) is 0 Å². The summed E-state index contributed by atoms with van der Waals surface area (Å²) in [6.07, 6.45) is 0. The van der Waals surface area contributed by atoms with Crippen LogP contribution in [0.25, 0.3) is 0 Å². The largest absolute Gasteiger partial charge is 0.495 e. The van der Waals surface area contributed by atoms with Crippen molar-refractivity contribution in [2.45, 2.75) is 10.8 Å². The summed E-state index contributed by atoms with van der Waals surface area (Å²) in [6, 6.07) is 16.7. The highest BCUT2D eigenvalue weighted by atomic mass is 35.5. The molecule has 2 N–H and O–H groups in total. The first-order valence-corrected chi connectivity index (χ1v) is 9.40. The molecular weight excluding hydrogens is 360 g/mol. The molecule has 1 heterocycles. The van der Waals surface area contributed by atoms with Crippen molar-refractivity contribution in [3.8, 4) is 5.75 Å². The molecule has 7 heteroatoms. The molecule has 25 heavy (non-hydrogen) atoms. The molecule has 0 unspecified atom stereocenters. The summed E-state index contributed by atoms with van der Waals surface area (Å²) in [5.74, 6) is 0.586. The fourth-order valence-corrected chi connectivity index (χ4v) is 4.99. The Morgan fingerprint density at radius 3 is 2.36 bits per heavy atom. The van der Waals surface area contributed by atoms with E-state index in [0.29, 0.717) is 25.4 Å². The van der Waals surface area contributed by atoms with E-state index in [4.69, 9.17) is 10.5 Å². The van der Waals surface area contributed by atoms with E-state index in [1.807, 2.05) is 30.3 Å². The van der Waals surface area contributed by atoms with E-state index in [1.165, 1.54) is 11.4 Å². The highest BCUT2D eigenvalue weighted by molar-refractivity contribution is 7.89. The van der Waals surface area contributed by atoms with E-state index >= 15 is 0 Å². The van der Waals surface area contributed by atoms with Gasteiger partial charge in [0.25, 0.3) is 0 Å². The average Bonchev–Trinajstić information content (AvgIpc) is 3.07. The van der Waals surface area contributed by atoms with Crippen molar-refractivity contribution in [3.05, 3.63) is 60.2 Å². The lowest BCUT2D eigenvalue weighted by molar-refractivity contribution is 0.397. The number of hydrogen-bond donors (Lipinski definition) is 1. The molecule has 0 spiro atoms. The van der Waals surface area contributed by atoms with Gasteiger partial charge in [-0.2, -0.15) is 4.31 Å². The van der Waals surface area contributed by atoms with Gasteiger partial charge in [0, 0.05) is 19.0 Å². The molecule has 2 aromatic carbocycles. The normalized spacial score (nSPS) is 20.9. The monoisotopic (exact) mass is 382 g/mol. The van der Waals surface area contributed by atoms with Crippen molar-refractivity contribution in [2.75, 3.05) is 26.7 Å². The number of halogens is 1. The maximum absolute atomic E-state index is 13.1. The second-order valence-electron chi connectivity index (χ2n) is 5.99. The molecule has 136 valence electrons. The van der Waals surface area contributed by atoms with Gasteiger partial charge in [-0.25, -0.2) is 8.42 Å². The Morgan fingerprint density at radius 2 is 1.72 bits per heavy atom. The first kappa shape index (κ1) is 19.7. The summed E-state index contributed by atoms with van der Waals surface area (Å²) in [7, 11) is -2.13. The quantitative estimate of drug-likeness (QED) is 0.862. The summed E-state index contributed by atoms with van der Waals surface area (Å²) in [4.78, 5) is 0.206. The van der Waals surface area contributed by atoms with Crippen molar-refractivity contribution in [1.29, 1.82) is 0 Å². The highest BCUT2D eigenvalue weighted by Gasteiger charge is 2.40. The van der Waals surface area contributed by atoms with Crippen LogP contribution in [0, 0.1) is 5.92 Å². The van der Waals surface area contributed by atoms with Crippen LogP contribution in [-0.2, 0) is 10.0 Å². The van der Waals surface area contributed by atoms with Crippen LogP contribution in [0.1, 0.15) is 11.5 Å². The lowest BCUT2D eigenvalue weighted by atomic mass is 9.89. The van der Waals surface area contributed by atoms with Gasteiger partial charge in [0.2, 0.25) is 10.0 Å². The van der Waals surface area contributed by atoms with Gasteiger partial charge >= 0.3 is 0 Å². The number of hydrogen-bond acceptors (Lipinski definition) is 4. The molecule has 0 aromatic heterocycles. The molecule has 0 bridgehead atoms. The standard InChI is InChI=1S/C18H22N2O3S.ClH/c1-23-17-9-5-6-10-18(17)24(21,22)20-12-15(11-19)16(13-20)14-7-3-2-4-8-14;/h2-10,15-16H,11-13,19H2,1H3;1H/t15-,16+;/m1./s1. The van der Waals surface area contributed by atoms with Crippen LogP contribution < -0.4 is 10.5 Å². The molecule has 1 fully saturated rings. The third-order valence-electron chi connectivity index (χ3n) is 4.62. The highest BCUT2D eigenvalue weighted by Crippen LogP contribution is 2.36. The first-order valence-electron chi connectivity index (χ1n) is 7.96.